The summed E-state index contributed by atoms with van der Waals surface area (Å²) >= 11 is 18.1. The predicted molar refractivity (Wildman–Crippen MR) is 91.3 cm³/mol. The minimum atomic E-state index is -0.648. The van der Waals surface area contributed by atoms with Crippen LogP contribution in [-0.4, -0.2) is 12.6 Å². The van der Waals surface area contributed by atoms with Gasteiger partial charge in [0.1, 0.15) is 12.4 Å². The minimum Gasteiger partial charge on any atom is -0.486 e. The maximum Gasteiger partial charge on any atom is 0.339 e. The van der Waals surface area contributed by atoms with Crippen molar-refractivity contribution in [3.05, 3.63) is 62.3 Å². The topological polar surface area (TPSA) is 35.5 Å². The Morgan fingerprint density at radius 3 is 2.38 bits per heavy atom. The number of carbonyl (C=O) groups is 1. The Labute approximate surface area is 153 Å². The Hall–Kier alpha value is -1.93. The molecule has 2 rings (SSSR count). The molecule has 0 N–H and O–H groups in total. The summed E-state index contributed by atoms with van der Waals surface area (Å²) in [4.78, 5) is 11.7. The third-order valence-corrected chi connectivity index (χ3v) is 3.82. The van der Waals surface area contributed by atoms with E-state index in [2.05, 4.69) is 5.92 Å². The summed E-state index contributed by atoms with van der Waals surface area (Å²) in [5, 5.41) is 0.457. The zero-order valence-corrected chi connectivity index (χ0v) is 14.4. The van der Waals surface area contributed by atoms with Gasteiger partial charge < -0.3 is 9.47 Å². The van der Waals surface area contributed by atoms with Crippen LogP contribution < -0.4 is 4.74 Å². The number of ether oxygens (including phenoxy) is 2. The fraction of sp³-hybridized carbons (Fsp3) is 0.118. The zero-order valence-electron chi connectivity index (χ0n) is 12.1. The molecule has 124 valence electrons. The lowest BCUT2D eigenvalue weighted by molar-refractivity contribution is 0.0556. The highest BCUT2D eigenvalue weighted by atomic mass is 35.5. The fourth-order valence-corrected chi connectivity index (χ4v) is 2.61. The lowest BCUT2D eigenvalue weighted by atomic mass is 10.2. The van der Waals surface area contributed by atoms with Crippen LogP contribution in [0.15, 0.2) is 30.3 Å². The van der Waals surface area contributed by atoms with E-state index in [0.717, 1.165) is 0 Å². The van der Waals surface area contributed by atoms with Crippen LogP contribution in [0.3, 0.4) is 0 Å². The minimum absolute atomic E-state index is 0.0272. The van der Waals surface area contributed by atoms with Crippen LogP contribution in [0.25, 0.3) is 0 Å². The average molecular weight is 388 g/mol. The first-order chi connectivity index (χ1) is 11.4. The van der Waals surface area contributed by atoms with Gasteiger partial charge in [-0.15, -0.1) is 6.42 Å². The Balaban J connectivity index is 2.16. The molecule has 0 aromatic heterocycles. The van der Waals surface area contributed by atoms with Crippen LogP contribution in [0.5, 0.6) is 5.75 Å². The number of carbonyl (C=O) groups excluding carboxylic acids is 1. The van der Waals surface area contributed by atoms with E-state index < -0.39 is 11.8 Å². The number of hydrogen-bond donors (Lipinski definition) is 0. The van der Waals surface area contributed by atoms with Crippen molar-refractivity contribution in [2.45, 2.75) is 6.61 Å². The smallest absolute Gasteiger partial charge is 0.339 e. The summed E-state index contributed by atoms with van der Waals surface area (Å²) < 4.78 is 23.4. The molecule has 24 heavy (non-hydrogen) atoms. The Kier molecular flexibility index (Phi) is 6.33. The SMILES string of the molecule is C#CCOC(=O)c1cc(Cl)c(OCc2ccc(F)cc2Cl)c(Cl)c1. The van der Waals surface area contributed by atoms with Crippen LogP contribution in [0, 0.1) is 18.2 Å². The maximum atomic E-state index is 13.0. The summed E-state index contributed by atoms with van der Waals surface area (Å²) in [5.74, 6) is 1.26. The molecular formula is C17H10Cl3FO3. The molecule has 0 spiro atoms. The number of halogens is 4. The first-order valence-corrected chi connectivity index (χ1v) is 7.72. The van der Waals surface area contributed by atoms with E-state index in [1.54, 1.807) is 0 Å². The molecule has 0 aliphatic heterocycles. The Morgan fingerprint density at radius 1 is 1.12 bits per heavy atom. The van der Waals surface area contributed by atoms with E-state index in [-0.39, 0.29) is 39.6 Å². The Bertz CT molecular complexity index is 792. The quantitative estimate of drug-likeness (QED) is 0.525. The van der Waals surface area contributed by atoms with Gasteiger partial charge in [0.05, 0.1) is 20.6 Å². The van der Waals surface area contributed by atoms with Crippen LogP contribution in [-0.2, 0) is 11.3 Å². The molecule has 2 aromatic carbocycles. The van der Waals surface area contributed by atoms with E-state index in [1.807, 2.05) is 0 Å². The van der Waals surface area contributed by atoms with Gasteiger partial charge in [-0.25, -0.2) is 9.18 Å². The Morgan fingerprint density at radius 2 is 1.79 bits per heavy atom. The third kappa shape index (κ3) is 4.55. The van der Waals surface area contributed by atoms with Crippen molar-refractivity contribution in [3.63, 3.8) is 0 Å². The van der Waals surface area contributed by atoms with Gasteiger partial charge >= 0.3 is 5.97 Å². The molecule has 0 bridgehead atoms. The monoisotopic (exact) mass is 386 g/mol. The third-order valence-electron chi connectivity index (χ3n) is 2.91. The lowest BCUT2D eigenvalue weighted by Crippen LogP contribution is -2.06. The lowest BCUT2D eigenvalue weighted by Gasteiger charge is -2.12. The van der Waals surface area contributed by atoms with Crippen molar-refractivity contribution in [3.8, 4) is 18.1 Å². The first-order valence-electron chi connectivity index (χ1n) is 6.58. The predicted octanol–water partition coefficient (Wildman–Crippen LogP) is 5.15. The van der Waals surface area contributed by atoms with Crippen LogP contribution in [0.4, 0.5) is 4.39 Å². The molecule has 0 atom stereocenters. The highest BCUT2D eigenvalue weighted by Crippen LogP contribution is 2.35. The molecular weight excluding hydrogens is 378 g/mol. The number of rotatable bonds is 5. The maximum absolute atomic E-state index is 13.0. The van der Waals surface area contributed by atoms with Gasteiger partial charge in [-0.1, -0.05) is 46.8 Å². The highest BCUT2D eigenvalue weighted by molar-refractivity contribution is 6.37. The summed E-state index contributed by atoms with van der Waals surface area (Å²) in [6.07, 6.45) is 5.02. The van der Waals surface area contributed by atoms with Crippen LogP contribution >= 0.6 is 34.8 Å². The summed E-state index contributed by atoms with van der Waals surface area (Å²) in [5.41, 5.74) is 0.704. The highest BCUT2D eigenvalue weighted by Gasteiger charge is 2.15. The van der Waals surface area contributed by atoms with Gasteiger partial charge in [0, 0.05) is 5.56 Å². The summed E-state index contributed by atoms with van der Waals surface area (Å²) in [7, 11) is 0. The van der Waals surface area contributed by atoms with Gasteiger partial charge in [0.15, 0.2) is 12.4 Å². The first kappa shape index (κ1) is 18.4. The van der Waals surface area contributed by atoms with Gasteiger partial charge in [-0.2, -0.15) is 0 Å². The second-order valence-electron chi connectivity index (χ2n) is 4.57. The second-order valence-corrected chi connectivity index (χ2v) is 5.80. The van der Waals surface area contributed by atoms with Crippen molar-refractivity contribution in [2.24, 2.45) is 0 Å². The van der Waals surface area contributed by atoms with Gasteiger partial charge in [-0.3, -0.25) is 0 Å². The molecule has 0 fully saturated rings. The molecule has 0 radical (unpaired) electrons. The molecule has 0 saturated carbocycles. The van der Waals surface area contributed by atoms with Crippen LogP contribution in [0.2, 0.25) is 15.1 Å². The summed E-state index contributed by atoms with van der Waals surface area (Å²) in [6.45, 7) is -0.130. The van der Waals surface area contributed by atoms with E-state index >= 15 is 0 Å². The molecule has 0 saturated heterocycles. The number of esters is 1. The fourth-order valence-electron chi connectivity index (χ4n) is 1.79. The molecule has 0 aliphatic carbocycles. The van der Waals surface area contributed by atoms with Gasteiger partial charge in [-0.05, 0) is 24.3 Å². The average Bonchev–Trinajstić information content (AvgIpc) is 2.53. The van der Waals surface area contributed by atoms with E-state index in [1.165, 1.54) is 30.3 Å². The standard InChI is InChI=1S/C17H10Cl3FO3/c1-2-5-23-17(22)11-6-14(19)16(15(20)7-11)24-9-10-3-4-12(21)8-13(10)18/h1,3-4,6-8H,5,9H2. The molecule has 2 aromatic rings. The van der Waals surface area contributed by atoms with Crippen molar-refractivity contribution in [2.75, 3.05) is 6.61 Å². The van der Waals surface area contributed by atoms with Crippen molar-refractivity contribution >= 4 is 40.8 Å². The van der Waals surface area contributed by atoms with Gasteiger partial charge in [0.2, 0.25) is 0 Å². The van der Waals surface area contributed by atoms with Crippen LogP contribution in [0.1, 0.15) is 15.9 Å². The van der Waals surface area contributed by atoms with Crippen molar-refractivity contribution in [1.29, 1.82) is 0 Å². The molecule has 0 aliphatic rings. The molecule has 0 heterocycles. The van der Waals surface area contributed by atoms with E-state index in [4.69, 9.17) is 50.7 Å². The van der Waals surface area contributed by atoms with E-state index in [0.29, 0.717) is 5.56 Å². The molecule has 0 amide bonds. The molecule has 7 heteroatoms. The zero-order chi connectivity index (χ0) is 17.7. The molecule has 0 unspecified atom stereocenters. The van der Waals surface area contributed by atoms with Crippen molar-refractivity contribution < 1.29 is 18.7 Å². The second kappa shape index (κ2) is 8.25. The summed E-state index contributed by atoms with van der Waals surface area (Å²) in [6, 6.07) is 6.64. The van der Waals surface area contributed by atoms with E-state index in [9.17, 15) is 9.18 Å². The molecule has 3 nitrogen and oxygen atoms in total. The largest absolute Gasteiger partial charge is 0.486 e. The van der Waals surface area contributed by atoms with Gasteiger partial charge in [0.25, 0.3) is 0 Å². The number of terminal acetylenes is 1. The number of benzene rings is 2. The number of hydrogen-bond acceptors (Lipinski definition) is 3. The normalized spacial score (nSPS) is 10.1. The van der Waals surface area contributed by atoms with Crippen molar-refractivity contribution in [1.82, 2.24) is 0 Å².